The maximum Gasteiger partial charge on any atom is 0.271 e. The average molecular weight is 289 g/mol. The van der Waals surface area contributed by atoms with E-state index in [1.54, 1.807) is 6.20 Å². The van der Waals surface area contributed by atoms with Crippen molar-refractivity contribution in [2.75, 3.05) is 0 Å². The normalized spacial score (nSPS) is 12.8. The van der Waals surface area contributed by atoms with E-state index in [1.165, 1.54) is 5.56 Å². The third kappa shape index (κ3) is 2.05. The molecule has 2 aromatic carbocycles. The van der Waals surface area contributed by atoms with Crippen molar-refractivity contribution < 1.29 is 4.79 Å². The fraction of sp³-hybridized carbons (Fsp3) is 0.0556. The molecule has 22 heavy (non-hydrogen) atoms. The Morgan fingerprint density at radius 3 is 2.82 bits per heavy atom. The minimum Gasteiger partial charge on any atom is -0.360 e. The number of para-hydroxylation sites is 1. The van der Waals surface area contributed by atoms with E-state index in [0.29, 0.717) is 5.56 Å². The Morgan fingerprint density at radius 1 is 1.05 bits per heavy atom. The molecule has 0 aliphatic heterocycles. The number of carbonyl (C=O) groups is 1. The van der Waals surface area contributed by atoms with E-state index >= 15 is 0 Å². The van der Waals surface area contributed by atoms with E-state index < -0.39 is 0 Å². The predicted molar refractivity (Wildman–Crippen MR) is 87.0 cm³/mol. The van der Waals surface area contributed by atoms with Gasteiger partial charge in [0, 0.05) is 22.7 Å². The number of aromatic nitrogens is 1. The summed E-state index contributed by atoms with van der Waals surface area (Å²) in [6.45, 7) is 0. The van der Waals surface area contributed by atoms with Gasteiger partial charge in [0.1, 0.15) is 0 Å². The van der Waals surface area contributed by atoms with Gasteiger partial charge in [-0.3, -0.25) is 15.6 Å². The van der Waals surface area contributed by atoms with E-state index in [1.807, 2.05) is 36.4 Å². The van der Waals surface area contributed by atoms with Gasteiger partial charge in [-0.1, -0.05) is 48.5 Å². The lowest BCUT2D eigenvalue weighted by atomic mass is 10.1. The molecule has 0 saturated carbocycles. The van der Waals surface area contributed by atoms with Gasteiger partial charge in [-0.05, 0) is 18.1 Å². The molecular weight excluding hydrogens is 274 g/mol. The summed E-state index contributed by atoms with van der Waals surface area (Å²) in [5.41, 5.74) is 10.8. The van der Waals surface area contributed by atoms with Gasteiger partial charge < -0.3 is 4.98 Å². The number of amides is 1. The number of hydrogen-bond donors (Lipinski definition) is 3. The quantitative estimate of drug-likeness (QED) is 0.649. The SMILES string of the molecule is O=C(NNC1=CCc2ccccc21)c1c[nH]c2ccccc12. The first-order chi connectivity index (χ1) is 10.8. The molecule has 4 rings (SSSR count). The van der Waals surface area contributed by atoms with Crippen LogP contribution in [0.4, 0.5) is 0 Å². The lowest BCUT2D eigenvalue weighted by Gasteiger charge is -2.10. The van der Waals surface area contributed by atoms with Crippen molar-refractivity contribution in [1.29, 1.82) is 0 Å². The number of rotatable bonds is 3. The van der Waals surface area contributed by atoms with Gasteiger partial charge in [-0.15, -0.1) is 0 Å². The van der Waals surface area contributed by atoms with Gasteiger partial charge in [-0.2, -0.15) is 0 Å². The zero-order valence-electron chi connectivity index (χ0n) is 11.9. The summed E-state index contributed by atoms with van der Waals surface area (Å²) in [5, 5.41) is 0.919. The van der Waals surface area contributed by atoms with Gasteiger partial charge in [0.25, 0.3) is 5.91 Å². The molecule has 1 aliphatic rings. The van der Waals surface area contributed by atoms with Crippen LogP contribution in [0.15, 0.2) is 60.8 Å². The van der Waals surface area contributed by atoms with E-state index in [4.69, 9.17) is 0 Å². The second-order valence-corrected chi connectivity index (χ2v) is 5.31. The average Bonchev–Trinajstić information content (AvgIpc) is 3.17. The number of carbonyl (C=O) groups excluding carboxylic acids is 1. The molecule has 4 nitrogen and oxygen atoms in total. The number of H-pyrrole nitrogens is 1. The lowest BCUT2D eigenvalue weighted by molar-refractivity contribution is 0.0944. The van der Waals surface area contributed by atoms with Gasteiger partial charge in [-0.25, -0.2) is 0 Å². The lowest BCUT2D eigenvalue weighted by Crippen LogP contribution is -2.35. The topological polar surface area (TPSA) is 56.9 Å². The molecule has 1 aromatic heterocycles. The fourth-order valence-electron chi connectivity index (χ4n) is 2.85. The highest BCUT2D eigenvalue weighted by Gasteiger charge is 2.15. The summed E-state index contributed by atoms with van der Waals surface area (Å²) in [4.78, 5) is 15.5. The minimum atomic E-state index is -0.150. The molecule has 0 spiro atoms. The second kappa shape index (κ2) is 5.07. The summed E-state index contributed by atoms with van der Waals surface area (Å²) in [5.74, 6) is -0.150. The minimum absolute atomic E-state index is 0.150. The molecule has 0 fully saturated rings. The summed E-state index contributed by atoms with van der Waals surface area (Å²) >= 11 is 0. The number of hydrogen-bond acceptors (Lipinski definition) is 2. The van der Waals surface area contributed by atoms with Crippen LogP contribution in [-0.2, 0) is 6.42 Å². The highest BCUT2D eigenvalue weighted by Crippen LogP contribution is 2.24. The predicted octanol–water partition coefficient (Wildman–Crippen LogP) is 3.00. The Balaban J connectivity index is 1.52. The van der Waals surface area contributed by atoms with Crippen LogP contribution in [0.3, 0.4) is 0 Å². The molecule has 3 N–H and O–H groups in total. The Morgan fingerprint density at radius 2 is 1.86 bits per heavy atom. The van der Waals surface area contributed by atoms with Crippen molar-refractivity contribution in [2.24, 2.45) is 0 Å². The molecule has 0 saturated heterocycles. The Labute approximate surface area is 127 Å². The Bertz CT molecular complexity index is 892. The van der Waals surface area contributed by atoms with Crippen LogP contribution in [0.1, 0.15) is 21.5 Å². The number of nitrogens with one attached hydrogen (secondary N) is 3. The summed E-state index contributed by atoms with van der Waals surface area (Å²) < 4.78 is 0. The first kappa shape index (κ1) is 12.7. The smallest absolute Gasteiger partial charge is 0.271 e. The molecule has 3 aromatic rings. The van der Waals surface area contributed by atoms with E-state index in [-0.39, 0.29) is 5.91 Å². The third-order valence-corrected chi connectivity index (χ3v) is 3.98. The zero-order chi connectivity index (χ0) is 14.9. The Kier molecular flexibility index (Phi) is 2.93. The first-order valence-corrected chi connectivity index (χ1v) is 7.24. The van der Waals surface area contributed by atoms with Gasteiger partial charge in [0.15, 0.2) is 0 Å². The molecule has 1 aliphatic carbocycles. The van der Waals surface area contributed by atoms with Crippen molar-refractivity contribution in [3.63, 3.8) is 0 Å². The second-order valence-electron chi connectivity index (χ2n) is 5.31. The van der Waals surface area contributed by atoms with Crippen LogP contribution in [0, 0.1) is 0 Å². The highest BCUT2D eigenvalue weighted by molar-refractivity contribution is 6.06. The number of allylic oxidation sites excluding steroid dienone is 1. The van der Waals surface area contributed by atoms with Gasteiger partial charge in [0.05, 0.1) is 11.3 Å². The number of aromatic amines is 1. The van der Waals surface area contributed by atoms with Crippen LogP contribution in [0.5, 0.6) is 0 Å². The molecule has 0 bridgehead atoms. The molecule has 1 amide bonds. The molecule has 0 atom stereocenters. The van der Waals surface area contributed by atoms with Crippen LogP contribution in [0.2, 0.25) is 0 Å². The van der Waals surface area contributed by atoms with Crippen LogP contribution in [-0.4, -0.2) is 10.9 Å². The standard InChI is InChI=1S/C18H15N3O/c22-18(15-11-19-16-8-4-3-7-14(15)16)21-20-17-10-9-12-5-1-2-6-13(12)17/h1-8,10-11,19-20H,9H2,(H,21,22). The number of fused-ring (bicyclic) bond motifs is 2. The van der Waals surface area contributed by atoms with Crippen LogP contribution >= 0.6 is 0 Å². The molecule has 108 valence electrons. The van der Waals surface area contributed by atoms with E-state index in [9.17, 15) is 4.79 Å². The molecule has 1 heterocycles. The number of hydrazine groups is 1. The third-order valence-electron chi connectivity index (χ3n) is 3.98. The first-order valence-electron chi connectivity index (χ1n) is 7.24. The number of benzene rings is 2. The van der Waals surface area contributed by atoms with E-state index in [0.717, 1.165) is 28.6 Å². The Hall–Kier alpha value is -3.01. The molecule has 0 unspecified atom stereocenters. The fourth-order valence-corrected chi connectivity index (χ4v) is 2.85. The van der Waals surface area contributed by atoms with Crippen molar-refractivity contribution in [2.45, 2.75) is 6.42 Å². The van der Waals surface area contributed by atoms with Crippen molar-refractivity contribution in [1.82, 2.24) is 15.8 Å². The zero-order valence-corrected chi connectivity index (χ0v) is 11.9. The molecule has 4 heteroatoms. The largest absolute Gasteiger partial charge is 0.360 e. The van der Waals surface area contributed by atoms with Crippen molar-refractivity contribution in [3.8, 4) is 0 Å². The highest BCUT2D eigenvalue weighted by atomic mass is 16.2. The van der Waals surface area contributed by atoms with Crippen molar-refractivity contribution >= 4 is 22.5 Å². The van der Waals surface area contributed by atoms with Crippen LogP contribution in [0.25, 0.3) is 16.6 Å². The van der Waals surface area contributed by atoms with Gasteiger partial charge in [0.2, 0.25) is 0 Å². The van der Waals surface area contributed by atoms with Crippen LogP contribution < -0.4 is 10.9 Å². The maximum atomic E-state index is 12.4. The summed E-state index contributed by atoms with van der Waals surface area (Å²) in [6, 6.07) is 15.9. The monoisotopic (exact) mass is 289 g/mol. The van der Waals surface area contributed by atoms with Crippen molar-refractivity contribution in [3.05, 3.63) is 77.5 Å². The van der Waals surface area contributed by atoms with Gasteiger partial charge >= 0.3 is 0 Å². The summed E-state index contributed by atoms with van der Waals surface area (Å²) in [6.07, 6.45) is 4.71. The molecule has 0 radical (unpaired) electrons. The molecular formula is C18H15N3O. The maximum absolute atomic E-state index is 12.4. The summed E-state index contributed by atoms with van der Waals surface area (Å²) in [7, 11) is 0. The van der Waals surface area contributed by atoms with E-state index in [2.05, 4.69) is 34.0 Å².